The third-order valence-corrected chi connectivity index (χ3v) is 5.73. The van der Waals surface area contributed by atoms with Crippen molar-refractivity contribution < 1.29 is 4.79 Å². The first-order valence-electron chi connectivity index (χ1n) is 8.59. The van der Waals surface area contributed by atoms with E-state index in [1.807, 2.05) is 6.92 Å². The van der Waals surface area contributed by atoms with Crippen LogP contribution in [0, 0.1) is 23.2 Å². The van der Waals surface area contributed by atoms with Gasteiger partial charge < -0.3 is 5.32 Å². The highest BCUT2D eigenvalue weighted by Crippen LogP contribution is 2.39. The van der Waals surface area contributed by atoms with E-state index in [0.717, 1.165) is 25.3 Å². The molecule has 1 saturated heterocycles. The number of amides is 1. The lowest BCUT2D eigenvalue weighted by Gasteiger charge is -2.44. The van der Waals surface area contributed by atoms with E-state index >= 15 is 0 Å². The number of piperidine rings is 1. The first kappa shape index (κ1) is 14.8. The molecule has 0 spiro atoms. The molecule has 2 saturated carbocycles. The van der Waals surface area contributed by atoms with Gasteiger partial charge in [-0.2, -0.15) is 5.26 Å². The Bertz CT molecular complexity index is 438. The molecule has 0 aromatic heterocycles. The Hall–Kier alpha value is -1.08. The highest BCUT2D eigenvalue weighted by molar-refractivity contribution is 5.79. The number of nitriles is 1. The van der Waals surface area contributed by atoms with Gasteiger partial charge >= 0.3 is 0 Å². The zero-order chi connectivity index (χ0) is 14.9. The standard InChI is InChI=1S/C17H27N3O/c1-17(12-18,14-8-9-14)19-16(21)11-20-10-4-6-13-5-2-3-7-15(13)20/h13-15H,2-11H2,1H3,(H,19,21)/t13-,15+,17+/m1/s1. The summed E-state index contributed by atoms with van der Waals surface area (Å²) in [5, 5.41) is 12.4. The van der Waals surface area contributed by atoms with E-state index in [0.29, 0.717) is 18.5 Å². The second-order valence-corrected chi connectivity index (χ2v) is 7.36. The largest absolute Gasteiger partial charge is 0.337 e. The van der Waals surface area contributed by atoms with Crippen molar-refractivity contribution in [2.45, 2.75) is 69.9 Å². The Kier molecular flexibility index (Phi) is 4.21. The fraction of sp³-hybridized carbons (Fsp3) is 0.882. The molecule has 0 aromatic carbocycles. The van der Waals surface area contributed by atoms with Crippen molar-refractivity contribution in [3.8, 4) is 6.07 Å². The first-order valence-corrected chi connectivity index (χ1v) is 8.59. The highest BCUT2D eigenvalue weighted by atomic mass is 16.2. The average molecular weight is 289 g/mol. The van der Waals surface area contributed by atoms with E-state index in [1.165, 1.54) is 38.5 Å². The van der Waals surface area contributed by atoms with Gasteiger partial charge in [0.25, 0.3) is 0 Å². The number of hydrogen-bond acceptors (Lipinski definition) is 3. The van der Waals surface area contributed by atoms with Gasteiger partial charge in [-0.15, -0.1) is 0 Å². The van der Waals surface area contributed by atoms with Gasteiger partial charge in [-0.25, -0.2) is 0 Å². The lowest BCUT2D eigenvalue weighted by Crippen LogP contribution is -2.54. The SMILES string of the molecule is C[C@@](C#N)(NC(=O)CN1CCC[C@H]2CCCC[C@@H]21)C1CC1. The number of nitrogens with zero attached hydrogens (tertiary/aromatic N) is 2. The number of fused-ring (bicyclic) bond motifs is 1. The number of nitrogens with one attached hydrogen (secondary N) is 1. The Morgan fingerprint density at radius 1 is 1.24 bits per heavy atom. The molecule has 1 N–H and O–H groups in total. The van der Waals surface area contributed by atoms with Crippen LogP contribution in [0.2, 0.25) is 0 Å². The third-order valence-electron chi connectivity index (χ3n) is 5.73. The van der Waals surface area contributed by atoms with Crippen LogP contribution in [0.1, 0.15) is 58.3 Å². The predicted octanol–water partition coefficient (Wildman–Crippen LogP) is 2.45. The minimum atomic E-state index is -0.654. The molecule has 116 valence electrons. The molecule has 0 unspecified atom stereocenters. The van der Waals surface area contributed by atoms with Crippen molar-refractivity contribution in [1.82, 2.24) is 10.2 Å². The van der Waals surface area contributed by atoms with Crippen molar-refractivity contribution in [1.29, 1.82) is 5.26 Å². The summed E-state index contributed by atoms with van der Waals surface area (Å²) < 4.78 is 0. The lowest BCUT2D eigenvalue weighted by atomic mass is 9.78. The van der Waals surface area contributed by atoms with E-state index in [4.69, 9.17) is 0 Å². The number of carbonyl (C=O) groups excluding carboxylic acids is 1. The van der Waals surface area contributed by atoms with Crippen molar-refractivity contribution in [3.63, 3.8) is 0 Å². The highest BCUT2D eigenvalue weighted by Gasteiger charge is 2.43. The second kappa shape index (κ2) is 5.96. The van der Waals surface area contributed by atoms with Crippen molar-refractivity contribution in [2.24, 2.45) is 11.8 Å². The molecule has 1 heterocycles. The molecule has 3 aliphatic rings. The zero-order valence-corrected chi connectivity index (χ0v) is 13.1. The monoisotopic (exact) mass is 289 g/mol. The second-order valence-electron chi connectivity index (χ2n) is 7.36. The van der Waals surface area contributed by atoms with Crippen molar-refractivity contribution in [3.05, 3.63) is 0 Å². The molecular weight excluding hydrogens is 262 g/mol. The Labute approximate surface area is 127 Å². The summed E-state index contributed by atoms with van der Waals surface area (Å²) in [6.07, 6.45) is 9.92. The zero-order valence-electron chi connectivity index (χ0n) is 13.1. The third kappa shape index (κ3) is 3.23. The molecule has 21 heavy (non-hydrogen) atoms. The lowest BCUT2D eigenvalue weighted by molar-refractivity contribution is -0.125. The quantitative estimate of drug-likeness (QED) is 0.865. The summed E-state index contributed by atoms with van der Waals surface area (Å²) in [6.45, 7) is 3.40. The maximum absolute atomic E-state index is 12.4. The van der Waals surface area contributed by atoms with E-state index < -0.39 is 5.54 Å². The van der Waals surface area contributed by atoms with Crippen LogP contribution in [0.15, 0.2) is 0 Å². The first-order chi connectivity index (χ1) is 10.1. The van der Waals surface area contributed by atoms with E-state index in [1.54, 1.807) is 0 Å². The van der Waals surface area contributed by atoms with Crippen LogP contribution in [0.25, 0.3) is 0 Å². The van der Waals surface area contributed by atoms with Gasteiger partial charge in [0.05, 0.1) is 12.6 Å². The van der Waals surface area contributed by atoms with Crippen molar-refractivity contribution in [2.75, 3.05) is 13.1 Å². The number of hydrogen-bond donors (Lipinski definition) is 1. The molecule has 4 heteroatoms. The number of rotatable bonds is 4. The molecule has 3 rings (SSSR count). The van der Waals surface area contributed by atoms with Crippen LogP contribution in [0.5, 0.6) is 0 Å². The maximum Gasteiger partial charge on any atom is 0.235 e. The van der Waals surface area contributed by atoms with Gasteiger partial charge in [0.2, 0.25) is 5.91 Å². The fourth-order valence-electron chi connectivity index (χ4n) is 4.32. The summed E-state index contributed by atoms with van der Waals surface area (Å²) in [7, 11) is 0. The summed E-state index contributed by atoms with van der Waals surface area (Å²) in [6, 6.07) is 2.92. The molecule has 0 radical (unpaired) electrons. The Morgan fingerprint density at radius 2 is 1.95 bits per heavy atom. The molecule has 0 aromatic rings. The minimum Gasteiger partial charge on any atom is -0.337 e. The average Bonchev–Trinajstić information content (AvgIpc) is 3.32. The van der Waals surface area contributed by atoms with Crippen molar-refractivity contribution >= 4 is 5.91 Å². The molecule has 3 fully saturated rings. The summed E-state index contributed by atoms with van der Waals surface area (Å²) in [5.41, 5.74) is -0.654. The van der Waals surface area contributed by atoms with Crippen LogP contribution < -0.4 is 5.32 Å². The fourth-order valence-corrected chi connectivity index (χ4v) is 4.32. The van der Waals surface area contributed by atoms with Crippen LogP contribution in [-0.2, 0) is 4.79 Å². The van der Waals surface area contributed by atoms with Crippen LogP contribution in [-0.4, -0.2) is 35.5 Å². The van der Waals surface area contributed by atoms with E-state index in [-0.39, 0.29) is 5.91 Å². The predicted molar refractivity (Wildman–Crippen MR) is 81.4 cm³/mol. The molecule has 3 atom stereocenters. The van der Waals surface area contributed by atoms with Gasteiger partial charge in [0.1, 0.15) is 5.54 Å². The normalized spacial score (nSPS) is 32.6. The van der Waals surface area contributed by atoms with Gasteiger partial charge in [0.15, 0.2) is 0 Å². The van der Waals surface area contributed by atoms with Gasteiger partial charge in [-0.3, -0.25) is 9.69 Å². The van der Waals surface area contributed by atoms with Crippen LogP contribution in [0.3, 0.4) is 0 Å². The number of carbonyl (C=O) groups is 1. The molecule has 4 nitrogen and oxygen atoms in total. The smallest absolute Gasteiger partial charge is 0.235 e. The maximum atomic E-state index is 12.4. The number of likely N-dealkylation sites (tertiary alicyclic amines) is 1. The topological polar surface area (TPSA) is 56.1 Å². The molecule has 1 aliphatic heterocycles. The Balaban J connectivity index is 1.57. The van der Waals surface area contributed by atoms with Gasteiger partial charge in [-0.05, 0) is 63.8 Å². The van der Waals surface area contributed by atoms with Gasteiger partial charge in [-0.1, -0.05) is 12.8 Å². The van der Waals surface area contributed by atoms with Crippen LogP contribution in [0.4, 0.5) is 0 Å². The summed E-state index contributed by atoms with van der Waals surface area (Å²) in [4.78, 5) is 14.8. The molecule has 1 amide bonds. The molecule has 0 bridgehead atoms. The summed E-state index contributed by atoms with van der Waals surface area (Å²) in [5.74, 6) is 1.19. The molecule has 2 aliphatic carbocycles. The van der Waals surface area contributed by atoms with Crippen LogP contribution >= 0.6 is 0 Å². The van der Waals surface area contributed by atoms with E-state index in [9.17, 15) is 10.1 Å². The van der Waals surface area contributed by atoms with E-state index in [2.05, 4.69) is 16.3 Å². The van der Waals surface area contributed by atoms with Gasteiger partial charge in [0, 0.05) is 6.04 Å². The molecular formula is C17H27N3O. The minimum absolute atomic E-state index is 0.0390. The summed E-state index contributed by atoms with van der Waals surface area (Å²) >= 11 is 0. The Morgan fingerprint density at radius 3 is 2.67 bits per heavy atom.